The van der Waals surface area contributed by atoms with Crippen molar-refractivity contribution in [2.45, 2.75) is 96.1 Å². The normalized spacial score (nSPS) is 22.8. The molecule has 25 heavy (non-hydrogen) atoms. The van der Waals surface area contributed by atoms with E-state index in [1.54, 1.807) is 19.1 Å². The SMILES string of the molecule is CCCCC[C@H]1CC[C@H](c2ccc(C(F)C(F)(F)CCC)cc2)CC1. The van der Waals surface area contributed by atoms with Gasteiger partial charge in [0.15, 0.2) is 6.17 Å². The van der Waals surface area contributed by atoms with Gasteiger partial charge in [-0.2, -0.15) is 0 Å². The Labute approximate surface area is 151 Å². The summed E-state index contributed by atoms with van der Waals surface area (Å²) in [6.45, 7) is 3.89. The molecule has 1 aliphatic rings. The summed E-state index contributed by atoms with van der Waals surface area (Å²) in [6.07, 6.45) is 7.82. The Morgan fingerprint density at radius 2 is 1.60 bits per heavy atom. The lowest BCUT2D eigenvalue weighted by atomic mass is 9.77. The molecule has 1 aromatic rings. The smallest absolute Gasteiger partial charge is 0.236 e. The van der Waals surface area contributed by atoms with Crippen molar-refractivity contribution in [3.63, 3.8) is 0 Å². The van der Waals surface area contributed by atoms with Crippen molar-refractivity contribution in [2.75, 3.05) is 0 Å². The van der Waals surface area contributed by atoms with Crippen molar-refractivity contribution < 1.29 is 13.2 Å². The van der Waals surface area contributed by atoms with Gasteiger partial charge in [-0.15, -0.1) is 0 Å². The summed E-state index contributed by atoms with van der Waals surface area (Å²) < 4.78 is 41.6. The summed E-state index contributed by atoms with van der Waals surface area (Å²) in [5.74, 6) is -1.91. The minimum absolute atomic E-state index is 0.107. The molecule has 1 saturated carbocycles. The molecule has 0 amide bonds. The third-order valence-electron chi connectivity index (χ3n) is 5.72. The van der Waals surface area contributed by atoms with Crippen LogP contribution in [0.4, 0.5) is 13.2 Å². The maximum Gasteiger partial charge on any atom is 0.282 e. The minimum Gasteiger partial charge on any atom is -0.236 e. The summed E-state index contributed by atoms with van der Waals surface area (Å²) in [5.41, 5.74) is 1.29. The van der Waals surface area contributed by atoms with Crippen molar-refractivity contribution in [3.8, 4) is 0 Å². The van der Waals surface area contributed by atoms with Gasteiger partial charge in [-0.1, -0.05) is 70.2 Å². The zero-order valence-corrected chi connectivity index (χ0v) is 15.7. The highest BCUT2D eigenvalue weighted by atomic mass is 19.3. The highest BCUT2D eigenvalue weighted by Crippen LogP contribution is 2.40. The number of benzene rings is 1. The summed E-state index contributed by atoms with van der Waals surface area (Å²) in [5, 5.41) is 0. The van der Waals surface area contributed by atoms with Crippen LogP contribution in [-0.2, 0) is 0 Å². The Balaban J connectivity index is 1.88. The highest BCUT2D eigenvalue weighted by Gasteiger charge is 2.40. The molecule has 0 bridgehead atoms. The Morgan fingerprint density at radius 3 is 2.16 bits per heavy atom. The average molecular weight is 355 g/mol. The lowest BCUT2D eigenvalue weighted by Gasteiger charge is -2.29. The third-order valence-corrected chi connectivity index (χ3v) is 5.72. The summed E-state index contributed by atoms with van der Waals surface area (Å²) >= 11 is 0. The number of hydrogen-bond donors (Lipinski definition) is 0. The van der Waals surface area contributed by atoms with Gasteiger partial charge in [0.25, 0.3) is 5.92 Å². The molecule has 1 unspecified atom stereocenters. The van der Waals surface area contributed by atoms with Gasteiger partial charge < -0.3 is 0 Å². The molecule has 142 valence electrons. The van der Waals surface area contributed by atoms with Crippen LogP contribution >= 0.6 is 0 Å². The first-order valence-corrected chi connectivity index (χ1v) is 10.1. The van der Waals surface area contributed by atoms with Crippen LogP contribution in [0.1, 0.15) is 101 Å². The van der Waals surface area contributed by atoms with E-state index < -0.39 is 18.5 Å². The fourth-order valence-corrected chi connectivity index (χ4v) is 4.11. The molecule has 0 saturated heterocycles. The predicted octanol–water partition coefficient (Wildman–Crippen LogP) is 7.99. The van der Waals surface area contributed by atoms with Crippen LogP contribution < -0.4 is 0 Å². The number of rotatable bonds is 9. The van der Waals surface area contributed by atoms with Crippen molar-refractivity contribution in [3.05, 3.63) is 35.4 Å². The van der Waals surface area contributed by atoms with Gasteiger partial charge in [-0.3, -0.25) is 0 Å². The van der Waals surface area contributed by atoms with Crippen molar-refractivity contribution in [2.24, 2.45) is 5.92 Å². The lowest BCUT2D eigenvalue weighted by Crippen LogP contribution is -2.23. The first-order valence-electron chi connectivity index (χ1n) is 10.1. The highest BCUT2D eigenvalue weighted by molar-refractivity contribution is 5.28. The van der Waals surface area contributed by atoms with Gasteiger partial charge in [0.05, 0.1) is 0 Å². The molecule has 1 atom stereocenters. The molecule has 1 fully saturated rings. The minimum atomic E-state index is -3.27. The fraction of sp³-hybridized carbons (Fsp3) is 0.727. The molecule has 0 radical (unpaired) electrons. The van der Waals surface area contributed by atoms with Gasteiger partial charge in [0.2, 0.25) is 0 Å². The van der Waals surface area contributed by atoms with Crippen LogP contribution in [0.2, 0.25) is 0 Å². The van der Waals surface area contributed by atoms with Crippen LogP contribution in [-0.4, -0.2) is 5.92 Å². The lowest BCUT2D eigenvalue weighted by molar-refractivity contribution is -0.0807. The summed E-state index contributed by atoms with van der Waals surface area (Å²) in [6, 6.07) is 6.87. The molecule has 1 aliphatic carbocycles. The van der Waals surface area contributed by atoms with E-state index in [4.69, 9.17) is 0 Å². The Hall–Kier alpha value is -0.990. The maximum absolute atomic E-state index is 14.1. The van der Waals surface area contributed by atoms with Crippen LogP contribution in [0.5, 0.6) is 0 Å². The van der Waals surface area contributed by atoms with Gasteiger partial charge in [0.1, 0.15) is 0 Å². The Morgan fingerprint density at radius 1 is 0.960 bits per heavy atom. The molecule has 0 heterocycles. The first kappa shape index (κ1) is 20.3. The Kier molecular flexibility index (Phi) is 7.83. The topological polar surface area (TPSA) is 0 Å². The molecule has 0 N–H and O–H groups in total. The quantitative estimate of drug-likeness (QED) is 0.394. The van der Waals surface area contributed by atoms with Crippen molar-refractivity contribution >= 4 is 0 Å². The van der Waals surface area contributed by atoms with Crippen molar-refractivity contribution in [1.29, 1.82) is 0 Å². The number of unbranched alkanes of at least 4 members (excludes halogenated alkanes) is 2. The summed E-state index contributed by atoms with van der Waals surface area (Å²) in [4.78, 5) is 0. The van der Waals surface area contributed by atoms with Crippen molar-refractivity contribution in [1.82, 2.24) is 0 Å². The van der Waals surface area contributed by atoms with Crippen LogP contribution in [0.25, 0.3) is 0 Å². The molecule has 0 aliphatic heterocycles. The van der Waals surface area contributed by atoms with Gasteiger partial charge >= 0.3 is 0 Å². The van der Waals surface area contributed by atoms with E-state index in [-0.39, 0.29) is 12.0 Å². The monoisotopic (exact) mass is 354 g/mol. The van der Waals surface area contributed by atoms with E-state index in [0.29, 0.717) is 5.92 Å². The van der Waals surface area contributed by atoms with E-state index in [9.17, 15) is 13.2 Å². The predicted molar refractivity (Wildman–Crippen MR) is 99.0 cm³/mol. The Bertz CT molecular complexity index is 486. The molecule has 2 rings (SSSR count). The first-order chi connectivity index (χ1) is 12.0. The van der Waals surface area contributed by atoms with E-state index in [1.807, 2.05) is 12.1 Å². The van der Waals surface area contributed by atoms with E-state index in [2.05, 4.69) is 6.92 Å². The molecule has 0 aromatic heterocycles. The van der Waals surface area contributed by atoms with Crippen LogP contribution in [0.15, 0.2) is 24.3 Å². The standard InChI is InChI=1S/C22H33F3/c1-3-5-6-7-17-8-10-18(11-9-17)19-12-14-20(15-13-19)21(23)22(24,25)16-4-2/h12-15,17-18,21H,3-11,16H2,1-2H3/t17-,18-,21?. The second-order valence-electron chi connectivity index (χ2n) is 7.75. The molecule has 3 heteroatoms. The molecule has 0 nitrogen and oxygen atoms in total. The number of halogens is 3. The molecular weight excluding hydrogens is 321 g/mol. The van der Waals surface area contributed by atoms with Gasteiger partial charge in [-0.25, -0.2) is 13.2 Å². The number of hydrogen-bond acceptors (Lipinski definition) is 0. The third kappa shape index (κ3) is 5.76. The van der Waals surface area contributed by atoms with Gasteiger partial charge in [-0.05, 0) is 48.6 Å². The molecule has 0 spiro atoms. The maximum atomic E-state index is 14.1. The largest absolute Gasteiger partial charge is 0.282 e. The van der Waals surface area contributed by atoms with E-state index >= 15 is 0 Å². The molecular formula is C22H33F3. The summed E-state index contributed by atoms with van der Waals surface area (Å²) in [7, 11) is 0. The second-order valence-corrected chi connectivity index (χ2v) is 7.75. The van der Waals surface area contributed by atoms with E-state index in [1.165, 1.54) is 56.9 Å². The fourth-order valence-electron chi connectivity index (χ4n) is 4.11. The zero-order chi connectivity index (χ0) is 18.3. The zero-order valence-electron chi connectivity index (χ0n) is 15.7. The van der Waals surface area contributed by atoms with Crippen LogP contribution in [0, 0.1) is 5.92 Å². The van der Waals surface area contributed by atoms with E-state index in [0.717, 1.165) is 5.92 Å². The molecule has 1 aromatic carbocycles. The second kappa shape index (κ2) is 9.64. The average Bonchev–Trinajstić information content (AvgIpc) is 2.62. The van der Waals surface area contributed by atoms with Gasteiger partial charge in [0, 0.05) is 6.42 Å². The van der Waals surface area contributed by atoms with Crippen LogP contribution in [0.3, 0.4) is 0 Å². The number of alkyl halides is 3.